The van der Waals surface area contributed by atoms with Crippen molar-refractivity contribution < 1.29 is 9.59 Å². The summed E-state index contributed by atoms with van der Waals surface area (Å²) < 4.78 is 0. The van der Waals surface area contributed by atoms with E-state index >= 15 is 0 Å². The van der Waals surface area contributed by atoms with E-state index < -0.39 is 6.04 Å². The summed E-state index contributed by atoms with van der Waals surface area (Å²) in [7, 11) is 1.67. The number of carbonyl (C=O) groups excluding carboxylic acids is 2. The Hall–Kier alpha value is -4.14. The minimum absolute atomic E-state index is 0.150. The lowest BCUT2D eigenvalue weighted by atomic mass is 9.93. The zero-order chi connectivity index (χ0) is 23.8. The molecular weight excluding hydrogens is 430 g/mol. The highest BCUT2D eigenvalue weighted by atomic mass is 16.2. The van der Waals surface area contributed by atoms with Crippen LogP contribution < -0.4 is 0 Å². The molecule has 0 bridgehead atoms. The summed E-state index contributed by atoms with van der Waals surface area (Å²) in [5, 5.41) is 14.4. The molecule has 1 N–H and O–H groups in total. The number of aromatic nitrogens is 4. The molecule has 2 aliphatic heterocycles. The molecule has 2 amide bonds. The molecule has 9 nitrogen and oxygen atoms in total. The molecule has 2 aromatic carbocycles. The molecule has 0 spiro atoms. The van der Waals surface area contributed by atoms with Gasteiger partial charge >= 0.3 is 0 Å². The van der Waals surface area contributed by atoms with Crippen LogP contribution in [0.2, 0.25) is 0 Å². The van der Waals surface area contributed by atoms with Gasteiger partial charge < -0.3 is 4.90 Å². The monoisotopic (exact) mass is 455 g/mol. The number of fused-ring (bicyclic) bond motifs is 1. The molecule has 1 atom stereocenters. The minimum atomic E-state index is -0.423. The van der Waals surface area contributed by atoms with Crippen molar-refractivity contribution in [3.8, 4) is 22.5 Å². The Morgan fingerprint density at radius 2 is 1.71 bits per heavy atom. The largest absolute Gasteiger partial charge is 0.302 e. The van der Waals surface area contributed by atoms with E-state index in [2.05, 4.69) is 32.5 Å². The average molecular weight is 456 g/mol. The number of likely N-dealkylation sites (N-methyl/N-ethyl adjacent to an activating group) is 1. The summed E-state index contributed by atoms with van der Waals surface area (Å²) in [4.78, 5) is 33.4. The third-order valence-corrected chi connectivity index (χ3v) is 6.33. The molecule has 1 unspecified atom stereocenters. The number of guanidine groups is 1. The van der Waals surface area contributed by atoms with Crippen LogP contribution in [0.15, 0.2) is 59.2 Å². The Bertz CT molecular complexity index is 1310. The van der Waals surface area contributed by atoms with Crippen LogP contribution in [-0.4, -0.2) is 61.3 Å². The van der Waals surface area contributed by atoms with Crippen LogP contribution in [0.3, 0.4) is 0 Å². The van der Waals surface area contributed by atoms with Gasteiger partial charge in [0.2, 0.25) is 11.8 Å². The lowest BCUT2D eigenvalue weighted by molar-refractivity contribution is -0.122. The predicted octanol–water partition coefficient (Wildman–Crippen LogP) is 3.49. The number of hydrogen-bond acceptors (Lipinski definition) is 6. The maximum Gasteiger partial charge on any atom is 0.271 e. The van der Waals surface area contributed by atoms with Crippen LogP contribution in [0, 0.1) is 0 Å². The molecule has 5 rings (SSSR count). The Morgan fingerprint density at radius 1 is 1.00 bits per heavy atom. The molecular formula is C25H25N7O2. The standard InChI is InChI=1S/C25H25N7O2/c1-4-5-10-20-21(24(34)31(3)25-26-23(33)15(2)32(20)25)17-13-11-16(12-14-17)18-8-6-7-9-19(18)22-27-29-30-28-22/h6-9,11-15H,4-5,10H2,1-3H3,(H,27,28,29,30). The van der Waals surface area contributed by atoms with Crippen molar-refractivity contribution in [2.24, 2.45) is 4.99 Å². The highest BCUT2D eigenvalue weighted by Crippen LogP contribution is 2.37. The van der Waals surface area contributed by atoms with Gasteiger partial charge in [0.15, 0.2) is 0 Å². The highest BCUT2D eigenvalue weighted by Gasteiger charge is 2.43. The van der Waals surface area contributed by atoms with E-state index in [0.29, 0.717) is 23.8 Å². The highest BCUT2D eigenvalue weighted by molar-refractivity contribution is 6.29. The van der Waals surface area contributed by atoms with Crippen molar-refractivity contribution in [1.82, 2.24) is 30.4 Å². The number of allylic oxidation sites excluding steroid dienone is 1. The summed E-state index contributed by atoms with van der Waals surface area (Å²) in [6.07, 6.45) is 2.59. The average Bonchev–Trinajstić information content (AvgIpc) is 3.50. The number of tetrazole rings is 1. The number of hydrogen-bond donors (Lipinski definition) is 1. The van der Waals surface area contributed by atoms with Crippen LogP contribution in [0.4, 0.5) is 0 Å². The van der Waals surface area contributed by atoms with E-state index in [1.807, 2.05) is 60.4 Å². The summed E-state index contributed by atoms with van der Waals surface area (Å²) in [6.45, 7) is 3.95. The molecule has 9 heteroatoms. The first-order chi connectivity index (χ1) is 16.5. The van der Waals surface area contributed by atoms with Gasteiger partial charge in [0.1, 0.15) is 6.04 Å². The fraction of sp³-hybridized carbons (Fsp3) is 0.280. The Kier molecular flexibility index (Phi) is 5.53. The number of H-pyrrole nitrogens is 1. The van der Waals surface area contributed by atoms with Crippen molar-refractivity contribution in [1.29, 1.82) is 0 Å². The second kappa shape index (κ2) is 8.66. The van der Waals surface area contributed by atoms with E-state index in [1.165, 1.54) is 4.90 Å². The molecule has 0 radical (unpaired) electrons. The molecule has 0 saturated heterocycles. The van der Waals surface area contributed by atoms with Crippen molar-refractivity contribution >= 4 is 23.3 Å². The third kappa shape index (κ3) is 3.49. The second-order valence-electron chi connectivity index (χ2n) is 8.44. The van der Waals surface area contributed by atoms with E-state index in [9.17, 15) is 9.59 Å². The lowest BCUT2D eigenvalue weighted by Crippen LogP contribution is -2.50. The van der Waals surface area contributed by atoms with Gasteiger partial charge in [-0.1, -0.05) is 61.9 Å². The zero-order valence-corrected chi connectivity index (χ0v) is 19.3. The van der Waals surface area contributed by atoms with Crippen LogP contribution in [0.5, 0.6) is 0 Å². The normalized spacial score (nSPS) is 18.0. The molecule has 0 aliphatic carbocycles. The van der Waals surface area contributed by atoms with E-state index in [1.54, 1.807) is 7.05 Å². The molecule has 34 heavy (non-hydrogen) atoms. The predicted molar refractivity (Wildman–Crippen MR) is 128 cm³/mol. The maximum atomic E-state index is 13.4. The molecule has 3 heterocycles. The van der Waals surface area contributed by atoms with Gasteiger partial charge in [-0.15, -0.1) is 10.2 Å². The molecule has 0 fully saturated rings. The van der Waals surface area contributed by atoms with Crippen molar-refractivity contribution in [3.63, 3.8) is 0 Å². The summed E-state index contributed by atoms with van der Waals surface area (Å²) in [5.74, 6) is 0.567. The van der Waals surface area contributed by atoms with Crippen LogP contribution in [0.1, 0.15) is 38.7 Å². The third-order valence-electron chi connectivity index (χ3n) is 6.33. The van der Waals surface area contributed by atoms with Gasteiger partial charge in [0.05, 0.1) is 5.57 Å². The molecule has 172 valence electrons. The SMILES string of the molecule is CCCCC1=C(c2ccc(-c3ccccc3-c3nn[nH]n3)cc2)C(=O)N(C)C2=NC(=O)C(C)N21. The van der Waals surface area contributed by atoms with Gasteiger partial charge in [0, 0.05) is 18.3 Å². The van der Waals surface area contributed by atoms with Crippen LogP contribution in [-0.2, 0) is 9.59 Å². The number of rotatable bonds is 6. The zero-order valence-electron chi connectivity index (χ0n) is 19.3. The molecule has 3 aromatic rings. The molecule has 0 saturated carbocycles. The van der Waals surface area contributed by atoms with Gasteiger partial charge in [-0.25, -0.2) is 0 Å². The number of nitrogens with zero attached hydrogens (tertiary/aromatic N) is 6. The number of nitrogens with one attached hydrogen (secondary N) is 1. The molecule has 1 aromatic heterocycles. The van der Waals surface area contributed by atoms with Crippen LogP contribution in [0.25, 0.3) is 28.1 Å². The topological polar surface area (TPSA) is 107 Å². The smallest absolute Gasteiger partial charge is 0.271 e. The summed E-state index contributed by atoms with van der Waals surface area (Å²) in [5.41, 5.74) is 5.11. The first-order valence-corrected chi connectivity index (χ1v) is 11.4. The van der Waals surface area contributed by atoms with E-state index in [-0.39, 0.29) is 11.8 Å². The van der Waals surface area contributed by atoms with Gasteiger partial charge in [-0.3, -0.25) is 14.5 Å². The molecule has 2 aliphatic rings. The number of aromatic amines is 1. The maximum absolute atomic E-state index is 13.4. The Morgan fingerprint density at radius 3 is 2.38 bits per heavy atom. The van der Waals surface area contributed by atoms with Crippen molar-refractivity contribution in [2.75, 3.05) is 7.05 Å². The Labute approximate surface area is 197 Å². The minimum Gasteiger partial charge on any atom is -0.302 e. The lowest BCUT2D eigenvalue weighted by Gasteiger charge is -2.37. The van der Waals surface area contributed by atoms with Crippen molar-refractivity contribution in [3.05, 3.63) is 59.8 Å². The number of unbranched alkanes of at least 4 members (excludes halogenated alkanes) is 1. The summed E-state index contributed by atoms with van der Waals surface area (Å²) in [6, 6.07) is 15.3. The van der Waals surface area contributed by atoms with Gasteiger partial charge in [0.25, 0.3) is 11.8 Å². The fourth-order valence-electron chi connectivity index (χ4n) is 4.52. The second-order valence-corrected chi connectivity index (χ2v) is 8.44. The first-order valence-electron chi connectivity index (χ1n) is 11.4. The van der Waals surface area contributed by atoms with Gasteiger partial charge in [-0.2, -0.15) is 10.2 Å². The van der Waals surface area contributed by atoms with Crippen molar-refractivity contribution in [2.45, 2.75) is 39.2 Å². The van der Waals surface area contributed by atoms with Gasteiger partial charge in [-0.05, 0) is 41.7 Å². The van der Waals surface area contributed by atoms with E-state index in [4.69, 9.17) is 0 Å². The van der Waals surface area contributed by atoms with E-state index in [0.717, 1.165) is 40.8 Å². The quantitative estimate of drug-likeness (QED) is 0.610. The Balaban J connectivity index is 1.59. The number of amides is 2. The fourth-order valence-corrected chi connectivity index (χ4v) is 4.52. The number of benzene rings is 2. The first kappa shape index (κ1) is 21.7. The number of aliphatic imine (C=N–C) groups is 1. The van der Waals surface area contributed by atoms with Crippen LogP contribution >= 0.6 is 0 Å². The summed E-state index contributed by atoms with van der Waals surface area (Å²) >= 11 is 0. The number of carbonyl (C=O) groups is 2.